The quantitative estimate of drug-likeness (QED) is 0.370. The molecule has 0 fully saturated rings. The highest BCUT2D eigenvalue weighted by molar-refractivity contribution is 9.09. The van der Waals surface area contributed by atoms with Gasteiger partial charge in [0.1, 0.15) is 0 Å². The third-order valence-electron chi connectivity index (χ3n) is 2.40. The lowest BCUT2D eigenvalue weighted by atomic mass is 10.0. The Kier molecular flexibility index (Phi) is 5.03. The first kappa shape index (κ1) is 14.4. The minimum absolute atomic E-state index is 0.0906. The summed E-state index contributed by atoms with van der Waals surface area (Å²) in [6.07, 6.45) is 3.49. The minimum Gasteiger partial charge on any atom is -0.465 e. The SMILES string of the molecule is COC(=O)c1cc(C=CCBr)cc([N+](=O)[O-])c1C. The van der Waals surface area contributed by atoms with Crippen molar-refractivity contribution in [3.8, 4) is 0 Å². The highest BCUT2D eigenvalue weighted by atomic mass is 79.9. The lowest BCUT2D eigenvalue weighted by Gasteiger charge is -2.06. The molecule has 5 nitrogen and oxygen atoms in total. The second-order valence-electron chi connectivity index (χ2n) is 3.52. The van der Waals surface area contributed by atoms with Crippen molar-refractivity contribution in [3.63, 3.8) is 0 Å². The van der Waals surface area contributed by atoms with E-state index in [-0.39, 0.29) is 11.3 Å². The summed E-state index contributed by atoms with van der Waals surface area (Å²) in [6.45, 7) is 1.53. The molecule has 0 unspecified atom stereocenters. The molecule has 0 saturated heterocycles. The molecule has 0 amide bonds. The topological polar surface area (TPSA) is 69.4 Å². The molecule has 0 heterocycles. The summed E-state index contributed by atoms with van der Waals surface area (Å²) in [7, 11) is 1.24. The van der Waals surface area contributed by atoms with Crippen LogP contribution in [0.1, 0.15) is 21.5 Å². The lowest BCUT2D eigenvalue weighted by Crippen LogP contribution is -2.06. The molecule has 0 N–H and O–H groups in total. The van der Waals surface area contributed by atoms with Crippen LogP contribution in [0.5, 0.6) is 0 Å². The van der Waals surface area contributed by atoms with Crippen LogP contribution in [0, 0.1) is 17.0 Å². The highest BCUT2D eigenvalue weighted by Crippen LogP contribution is 2.25. The number of nitro groups is 1. The zero-order valence-corrected chi connectivity index (χ0v) is 11.6. The van der Waals surface area contributed by atoms with E-state index in [0.29, 0.717) is 16.5 Å². The summed E-state index contributed by atoms with van der Waals surface area (Å²) in [5, 5.41) is 11.6. The molecule has 0 bridgehead atoms. The second-order valence-corrected chi connectivity index (χ2v) is 4.17. The fourth-order valence-corrected chi connectivity index (χ4v) is 1.70. The van der Waals surface area contributed by atoms with Gasteiger partial charge in [-0.15, -0.1) is 0 Å². The summed E-state index contributed by atoms with van der Waals surface area (Å²) in [6, 6.07) is 3.01. The molecule has 6 heteroatoms. The van der Waals surface area contributed by atoms with Gasteiger partial charge in [-0.3, -0.25) is 10.1 Å². The molecule has 0 radical (unpaired) electrons. The molecular weight excluding hydrogens is 302 g/mol. The fourth-order valence-electron chi connectivity index (χ4n) is 1.51. The number of carbonyl (C=O) groups excluding carboxylic acids is 1. The van der Waals surface area contributed by atoms with Crippen LogP contribution >= 0.6 is 15.9 Å². The number of alkyl halides is 1. The standard InChI is InChI=1S/C12H12BrNO4/c1-8-10(12(15)18-2)6-9(4-3-5-13)7-11(8)14(16)17/h3-4,6-7H,5H2,1-2H3. The van der Waals surface area contributed by atoms with E-state index in [0.717, 1.165) is 0 Å². The van der Waals surface area contributed by atoms with Crippen LogP contribution in [-0.2, 0) is 4.74 Å². The molecule has 1 rings (SSSR count). The number of benzene rings is 1. The minimum atomic E-state index is -0.579. The van der Waals surface area contributed by atoms with Crippen molar-refractivity contribution in [1.29, 1.82) is 0 Å². The van der Waals surface area contributed by atoms with Crippen LogP contribution in [0.25, 0.3) is 6.08 Å². The number of ether oxygens (including phenoxy) is 1. The summed E-state index contributed by atoms with van der Waals surface area (Å²) in [4.78, 5) is 22.0. The van der Waals surface area contributed by atoms with Crippen molar-refractivity contribution in [2.75, 3.05) is 12.4 Å². The molecule has 0 aliphatic rings. The molecule has 0 saturated carbocycles. The molecule has 18 heavy (non-hydrogen) atoms. The molecular formula is C12H12BrNO4. The van der Waals surface area contributed by atoms with Gasteiger partial charge in [-0.2, -0.15) is 0 Å². The van der Waals surface area contributed by atoms with Crippen LogP contribution in [0.15, 0.2) is 18.2 Å². The number of hydrogen-bond donors (Lipinski definition) is 0. The maximum atomic E-state index is 11.6. The van der Waals surface area contributed by atoms with E-state index >= 15 is 0 Å². The van der Waals surface area contributed by atoms with Crippen molar-refractivity contribution >= 4 is 33.7 Å². The number of esters is 1. The number of nitrogens with zero attached hydrogens (tertiary/aromatic N) is 1. The first-order valence-electron chi connectivity index (χ1n) is 5.11. The number of hydrogen-bond acceptors (Lipinski definition) is 4. The molecule has 0 aromatic heterocycles. The number of rotatable bonds is 4. The summed E-state index contributed by atoms with van der Waals surface area (Å²) >= 11 is 3.22. The lowest BCUT2D eigenvalue weighted by molar-refractivity contribution is -0.385. The third kappa shape index (κ3) is 3.16. The van der Waals surface area contributed by atoms with Crippen LogP contribution in [-0.4, -0.2) is 23.3 Å². The Hall–Kier alpha value is -1.69. The maximum absolute atomic E-state index is 11.6. The van der Waals surface area contributed by atoms with E-state index in [1.165, 1.54) is 20.1 Å². The molecule has 0 spiro atoms. The van der Waals surface area contributed by atoms with Gasteiger partial charge >= 0.3 is 5.97 Å². The average molecular weight is 314 g/mol. The zero-order valence-electron chi connectivity index (χ0n) is 9.97. The third-order valence-corrected chi connectivity index (χ3v) is 2.78. The van der Waals surface area contributed by atoms with E-state index in [1.807, 2.05) is 0 Å². The van der Waals surface area contributed by atoms with Gasteiger partial charge in [0.2, 0.25) is 0 Å². The van der Waals surface area contributed by atoms with E-state index < -0.39 is 10.9 Å². The van der Waals surface area contributed by atoms with E-state index in [4.69, 9.17) is 0 Å². The smallest absolute Gasteiger partial charge is 0.338 e. The van der Waals surface area contributed by atoms with E-state index in [2.05, 4.69) is 20.7 Å². The number of methoxy groups -OCH3 is 1. The van der Waals surface area contributed by atoms with Gasteiger partial charge in [0.05, 0.1) is 17.6 Å². The van der Waals surface area contributed by atoms with Gasteiger partial charge < -0.3 is 4.74 Å². The molecule has 0 aliphatic carbocycles. The van der Waals surface area contributed by atoms with Gasteiger partial charge in [-0.05, 0) is 18.6 Å². The Morgan fingerprint density at radius 3 is 2.72 bits per heavy atom. The summed E-state index contributed by atoms with van der Waals surface area (Å²) < 4.78 is 4.62. The highest BCUT2D eigenvalue weighted by Gasteiger charge is 2.20. The summed E-state index contributed by atoms with van der Waals surface area (Å²) in [5.74, 6) is -0.579. The molecule has 0 atom stereocenters. The number of carbonyl (C=O) groups is 1. The van der Waals surface area contributed by atoms with E-state index in [9.17, 15) is 14.9 Å². The van der Waals surface area contributed by atoms with Crippen molar-refractivity contribution < 1.29 is 14.5 Å². The zero-order chi connectivity index (χ0) is 13.7. The van der Waals surface area contributed by atoms with Crippen LogP contribution < -0.4 is 0 Å². The average Bonchev–Trinajstić information content (AvgIpc) is 2.36. The Balaban J connectivity index is 3.41. The predicted molar refractivity (Wildman–Crippen MR) is 72.0 cm³/mol. The number of nitro benzene ring substituents is 1. The second kappa shape index (κ2) is 6.30. The molecule has 0 aliphatic heterocycles. The van der Waals surface area contributed by atoms with Gasteiger partial charge in [-0.25, -0.2) is 4.79 Å². The van der Waals surface area contributed by atoms with E-state index in [1.54, 1.807) is 18.2 Å². The Morgan fingerprint density at radius 1 is 1.56 bits per heavy atom. The fraction of sp³-hybridized carbons (Fsp3) is 0.250. The normalized spacial score (nSPS) is 10.6. The molecule has 1 aromatic carbocycles. The van der Waals surface area contributed by atoms with Gasteiger partial charge in [0.15, 0.2) is 0 Å². The Morgan fingerprint density at radius 2 is 2.22 bits per heavy atom. The van der Waals surface area contributed by atoms with Gasteiger partial charge in [0.25, 0.3) is 5.69 Å². The summed E-state index contributed by atoms with van der Waals surface area (Å²) in [5.41, 5.74) is 1.02. The molecule has 1 aromatic rings. The van der Waals surface area contributed by atoms with Crippen molar-refractivity contribution in [3.05, 3.63) is 45.0 Å². The molecule has 96 valence electrons. The Bertz CT molecular complexity index is 511. The van der Waals surface area contributed by atoms with Crippen molar-refractivity contribution in [2.24, 2.45) is 0 Å². The van der Waals surface area contributed by atoms with Gasteiger partial charge in [-0.1, -0.05) is 28.1 Å². The van der Waals surface area contributed by atoms with Crippen molar-refractivity contribution in [1.82, 2.24) is 0 Å². The van der Waals surface area contributed by atoms with Crippen LogP contribution in [0.2, 0.25) is 0 Å². The van der Waals surface area contributed by atoms with Crippen LogP contribution in [0.3, 0.4) is 0 Å². The Labute approximate surface area is 113 Å². The maximum Gasteiger partial charge on any atom is 0.338 e. The number of halogens is 1. The largest absolute Gasteiger partial charge is 0.465 e. The first-order chi connectivity index (χ1) is 8.51. The number of allylic oxidation sites excluding steroid dienone is 1. The van der Waals surface area contributed by atoms with Crippen molar-refractivity contribution in [2.45, 2.75) is 6.92 Å². The van der Waals surface area contributed by atoms with Gasteiger partial charge in [0, 0.05) is 17.0 Å². The predicted octanol–water partition coefficient (Wildman–Crippen LogP) is 3.10. The van der Waals surface area contributed by atoms with Crippen LogP contribution in [0.4, 0.5) is 5.69 Å². The monoisotopic (exact) mass is 313 g/mol. The first-order valence-corrected chi connectivity index (χ1v) is 6.23.